The molecule has 0 amide bonds. The molecule has 0 aliphatic rings. The van der Waals surface area contributed by atoms with Crippen LogP contribution in [0.4, 0.5) is 5.69 Å². The Hall–Kier alpha value is -2.96. The van der Waals surface area contributed by atoms with E-state index in [4.69, 9.17) is 10.5 Å². The van der Waals surface area contributed by atoms with E-state index in [0.717, 1.165) is 0 Å². The average Bonchev–Trinajstić information content (AvgIpc) is 2.85. The molecule has 0 spiro atoms. The van der Waals surface area contributed by atoms with Gasteiger partial charge in [0, 0.05) is 24.9 Å². The summed E-state index contributed by atoms with van der Waals surface area (Å²) in [5.41, 5.74) is 6.97. The van der Waals surface area contributed by atoms with Crippen LogP contribution in [0, 0.1) is 0 Å². The molecule has 0 aliphatic heterocycles. The van der Waals surface area contributed by atoms with Crippen LogP contribution >= 0.6 is 0 Å². The Morgan fingerprint density at radius 1 is 1.10 bits per heavy atom. The van der Waals surface area contributed by atoms with E-state index in [9.17, 15) is 0 Å². The van der Waals surface area contributed by atoms with Crippen molar-refractivity contribution >= 4 is 5.69 Å². The van der Waals surface area contributed by atoms with Gasteiger partial charge in [0.05, 0.1) is 0 Å². The summed E-state index contributed by atoms with van der Waals surface area (Å²) in [7, 11) is 1.79. The fourth-order valence-corrected chi connectivity index (χ4v) is 1.74. The van der Waals surface area contributed by atoms with Gasteiger partial charge in [-0.3, -0.25) is 0 Å². The molecule has 7 heteroatoms. The van der Waals surface area contributed by atoms with Gasteiger partial charge in [-0.25, -0.2) is 19.6 Å². The highest BCUT2D eigenvalue weighted by Gasteiger charge is 2.08. The second-order valence-electron chi connectivity index (χ2n) is 4.12. The standard InChI is InChI=1S/C13H12N6O/c1-19-13(17-8-18-19)11-6-12(16-7-15-11)20-10-4-2-3-9(14)5-10/h2-8H,14H2,1H3. The average molecular weight is 268 g/mol. The Morgan fingerprint density at radius 2 is 2.00 bits per heavy atom. The van der Waals surface area contributed by atoms with Gasteiger partial charge in [-0.15, -0.1) is 0 Å². The van der Waals surface area contributed by atoms with Gasteiger partial charge in [0.25, 0.3) is 0 Å². The fourth-order valence-electron chi connectivity index (χ4n) is 1.74. The van der Waals surface area contributed by atoms with Crippen LogP contribution in [-0.2, 0) is 7.05 Å². The summed E-state index contributed by atoms with van der Waals surface area (Å²) in [4.78, 5) is 12.4. The molecule has 0 fully saturated rings. The molecule has 3 aromatic rings. The van der Waals surface area contributed by atoms with Gasteiger partial charge >= 0.3 is 0 Å². The largest absolute Gasteiger partial charge is 0.439 e. The van der Waals surface area contributed by atoms with Crippen LogP contribution in [0.1, 0.15) is 0 Å². The molecule has 7 nitrogen and oxygen atoms in total. The van der Waals surface area contributed by atoms with Gasteiger partial charge in [0.2, 0.25) is 5.88 Å². The zero-order valence-electron chi connectivity index (χ0n) is 10.8. The van der Waals surface area contributed by atoms with Crippen LogP contribution in [0.5, 0.6) is 11.6 Å². The molecule has 0 radical (unpaired) electrons. The van der Waals surface area contributed by atoms with Crippen LogP contribution in [0.25, 0.3) is 11.5 Å². The molecule has 100 valence electrons. The smallest absolute Gasteiger partial charge is 0.222 e. The summed E-state index contributed by atoms with van der Waals surface area (Å²) < 4.78 is 7.28. The van der Waals surface area contributed by atoms with E-state index in [1.54, 1.807) is 36.0 Å². The fraction of sp³-hybridized carbons (Fsp3) is 0.0769. The normalized spacial score (nSPS) is 10.4. The van der Waals surface area contributed by atoms with Crippen molar-refractivity contribution in [1.29, 1.82) is 0 Å². The lowest BCUT2D eigenvalue weighted by Crippen LogP contribution is -1.98. The van der Waals surface area contributed by atoms with Crippen LogP contribution in [0.15, 0.2) is 43.0 Å². The van der Waals surface area contributed by atoms with Gasteiger partial charge in [-0.1, -0.05) is 6.07 Å². The van der Waals surface area contributed by atoms with Crippen molar-refractivity contribution in [2.75, 3.05) is 5.73 Å². The Bertz CT molecular complexity index is 739. The highest BCUT2D eigenvalue weighted by Crippen LogP contribution is 2.23. The Kier molecular flexibility index (Phi) is 3.00. The number of nitrogen functional groups attached to an aromatic ring is 1. The van der Waals surface area contributed by atoms with Gasteiger partial charge in [0.15, 0.2) is 5.82 Å². The maximum Gasteiger partial charge on any atom is 0.222 e. The minimum Gasteiger partial charge on any atom is -0.439 e. The first-order chi connectivity index (χ1) is 9.72. The third kappa shape index (κ3) is 2.41. The van der Waals surface area contributed by atoms with Crippen molar-refractivity contribution in [2.24, 2.45) is 7.05 Å². The summed E-state index contributed by atoms with van der Waals surface area (Å²) in [6.07, 6.45) is 2.89. The third-order valence-corrected chi connectivity index (χ3v) is 2.66. The van der Waals surface area contributed by atoms with Crippen molar-refractivity contribution < 1.29 is 4.74 Å². The molecule has 0 bridgehead atoms. The lowest BCUT2D eigenvalue weighted by molar-refractivity contribution is 0.462. The van der Waals surface area contributed by atoms with E-state index < -0.39 is 0 Å². The van der Waals surface area contributed by atoms with Crippen molar-refractivity contribution in [3.05, 3.63) is 43.0 Å². The number of aryl methyl sites for hydroxylation is 1. The zero-order chi connectivity index (χ0) is 13.9. The summed E-state index contributed by atoms with van der Waals surface area (Å²) >= 11 is 0. The molecule has 0 saturated heterocycles. The highest BCUT2D eigenvalue weighted by atomic mass is 16.5. The molecule has 2 N–H and O–H groups in total. The molecule has 1 aromatic carbocycles. The Balaban J connectivity index is 1.90. The SMILES string of the molecule is Cn1ncnc1-c1cc(Oc2cccc(N)c2)ncn1. The number of hydrogen-bond acceptors (Lipinski definition) is 6. The van der Waals surface area contributed by atoms with Crippen molar-refractivity contribution in [3.8, 4) is 23.1 Å². The number of rotatable bonds is 3. The maximum atomic E-state index is 5.70. The van der Waals surface area contributed by atoms with E-state index in [1.165, 1.54) is 12.7 Å². The number of anilines is 1. The predicted molar refractivity (Wildman–Crippen MR) is 73.0 cm³/mol. The quantitative estimate of drug-likeness (QED) is 0.726. The predicted octanol–water partition coefficient (Wildman–Crippen LogP) is 1.65. The molecule has 0 atom stereocenters. The van der Waals surface area contributed by atoms with Crippen molar-refractivity contribution in [2.45, 2.75) is 0 Å². The molecule has 0 saturated carbocycles. The molecule has 20 heavy (non-hydrogen) atoms. The monoisotopic (exact) mass is 268 g/mol. The van der Waals surface area contributed by atoms with Crippen LogP contribution in [0.3, 0.4) is 0 Å². The lowest BCUT2D eigenvalue weighted by atomic mass is 10.3. The van der Waals surface area contributed by atoms with Crippen molar-refractivity contribution in [3.63, 3.8) is 0 Å². The minimum atomic E-state index is 0.420. The second kappa shape index (κ2) is 4.96. The summed E-state index contributed by atoms with van der Waals surface area (Å²) in [5.74, 6) is 1.68. The van der Waals surface area contributed by atoms with Gasteiger partial charge in [-0.2, -0.15) is 5.10 Å². The summed E-state index contributed by atoms with van der Waals surface area (Å²) in [6, 6.07) is 8.84. The van der Waals surface area contributed by atoms with E-state index >= 15 is 0 Å². The van der Waals surface area contributed by atoms with Crippen molar-refractivity contribution in [1.82, 2.24) is 24.7 Å². The summed E-state index contributed by atoms with van der Waals surface area (Å²) in [5, 5.41) is 4.01. The molecule has 2 heterocycles. The second-order valence-corrected chi connectivity index (χ2v) is 4.12. The number of ether oxygens (including phenoxy) is 1. The van der Waals surface area contributed by atoms with Gasteiger partial charge in [0.1, 0.15) is 24.1 Å². The van der Waals surface area contributed by atoms with Crippen LogP contribution in [0.2, 0.25) is 0 Å². The first kappa shape index (κ1) is 12.1. The third-order valence-electron chi connectivity index (χ3n) is 2.66. The number of hydrogen-bond donors (Lipinski definition) is 1. The first-order valence-electron chi connectivity index (χ1n) is 5.92. The molecule has 0 unspecified atom stereocenters. The Morgan fingerprint density at radius 3 is 2.75 bits per heavy atom. The van der Waals surface area contributed by atoms with E-state index in [0.29, 0.717) is 28.8 Å². The number of nitrogens with zero attached hydrogens (tertiary/aromatic N) is 5. The topological polar surface area (TPSA) is 91.7 Å². The van der Waals surface area contributed by atoms with E-state index in [2.05, 4.69) is 20.1 Å². The molecule has 2 aromatic heterocycles. The summed E-state index contributed by atoms with van der Waals surface area (Å²) in [6.45, 7) is 0. The van der Waals surface area contributed by atoms with Gasteiger partial charge in [-0.05, 0) is 12.1 Å². The highest BCUT2D eigenvalue weighted by molar-refractivity contribution is 5.51. The maximum absolute atomic E-state index is 5.70. The first-order valence-corrected chi connectivity index (χ1v) is 5.92. The molecular weight excluding hydrogens is 256 g/mol. The number of benzene rings is 1. The molecular formula is C13H12N6O. The minimum absolute atomic E-state index is 0.420. The van der Waals surface area contributed by atoms with E-state index in [-0.39, 0.29) is 0 Å². The van der Waals surface area contributed by atoms with Gasteiger partial charge < -0.3 is 10.5 Å². The molecule has 0 aliphatic carbocycles. The molecule has 3 rings (SSSR count). The van der Waals surface area contributed by atoms with E-state index in [1.807, 2.05) is 6.07 Å². The number of aromatic nitrogens is 5. The zero-order valence-corrected chi connectivity index (χ0v) is 10.8. The number of nitrogens with two attached hydrogens (primary N) is 1. The lowest BCUT2D eigenvalue weighted by Gasteiger charge is -2.06. The van der Waals surface area contributed by atoms with Crippen LogP contribution < -0.4 is 10.5 Å². The van der Waals surface area contributed by atoms with Crippen LogP contribution in [-0.4, -0.2) is 24.7 Å². The Labute approximate surface area is 115 Å².